The van der Waals surface area contributed by atoms with E-state index in [-0.39, 0.29) is 24.1 Å². The maximum Gasteiger partial charge on any atom is 0.416 e. The maximum absolute atomic E-state index is 12.7. The van der Waals surface area contributed by atoms with Gasteiger partial charge in [0.15, 0.2) is 9.84 Å². The molecule has 4 rings (SSSR count). The Morgan fingerprint density at radius 2 is 1.82 bits per heavy atom. The average Bonchev–Trinajstić information content (AvgIpc) is 3.20. The number of benzene rings is 1. The smallest absolute Gasteiger partial charge is 0.284 e. The second kappa shape index (κ2) is 6.43. The normalized spacial score (nSPS) is 19.3. The van der Waals surface area contributed by atoms with Gasteiger partial charge in [-0.25, -0.2) is 13.2 Å². The Kier molecular flexibility index (Phi) is 4.29. The molecule has 1 aliphatic heterocycles. The van der Waals surface area contributed by atoms with E-state index in [1.54, 1.807) is 4.68 Å². The molecule has 3 aromatic rings. The van der Waals surface area contributed by atoms with Gasteiger partial charge >= 0.3 is 11.9 Å². The van der Waals surface area contributed by atoms with E-state index in [2.05, 4.69) is 10.1 Å². The van der Waals surface area contributed by atoms with Crippen molar-refractivity contribution in [3.63, 3.8) is 0 Å². The Morgan fingerprint density at radius 3 is 2.43 bits per heavy atom. The quantitative estimate of drug-likeness (QED) is 0.657. The van der Waals surface area contributed by atoms with Crippen molar-refractivity contribution in [2.75, 3.05) is 11.5 Å². The van der Waals surface area contributed by atoms with Gasteiger partial charge in [-0.1, -0.05) is 12.1 Å². The predicted octanol–water partition coefficient (Wildman–Crippen LogP) is 2.02. The molecule has 1 atom stereocenters. The molecule has 7 nitrogen and oxygen atoms in total. The summed E-state index contributed by atoms with van der Waals surface area (Å²) in [7, 11) is -3.11. The second-order valence-corrected chi connectivity index (χ2v) is 8.97. The minimum atomic E-state index is -4.43. The molecule has 1 aliphatic rings. The number of hydrogen-bond donors (Lipinski definition) is 0. The van der Waals surface area contributed by atoms with Gasteiger partial charge in [0.25, 0.3) is 0 Å². The maximum atomic E-state index is 12.7. The van der Waals surface area contributed by atoms with Crippen molar-refractivity contribution in [3.05, 3.63) is 58.3 Å². The summed E-state index contributed by atoms with van der Waals surface area (Å²) in [6.07, 6.45) is -1.21. The van der Waals surface area contributed by atoms with Gasteiger partial charge in [-0.05, 0) is 24.1 Å². The fraction of sp³-hybridized carbons (Fsp3) is 0.353. The molecule has 1 saturated heterocycles. The third-order valence-corrected chi connectivity index (χ3v) is 6.56. The standard InChI is InChI=1S/C17H15F3N4O3S/c18-17(19,20)12-3-1-11(2-4-12)9-23-14-8-22-24(15(14)7-21-16(23)25)13-5-6-28(26,27)10-13/h1-4,7-8,13H,5-6,9-10H2/t13-/m0/s1. The highest BCUT2D eigenvalue weighted by atomic mass is 32.2. The first-order valence-corrected chi connectivity index (χ1v) is 10.3. The molecular weight excluding hydrogens is 397 g/mol. The van der Waals surface area contributed by atoms with Crippen LogP contribution in [0.15, 0.2) is 41.5 Å². The second-order valence-electron chi connectivity index (χ2n) is 6.74. The van der Waals surface area contributed by atoms with Gasteiger partial charge in [-0.3, -0.25) is 9.25 Å². The molecule has 0 bridgehead atoms. The van der Waals surface area contributed by atoms with Gasteiger partial charge in [0.2, 0.25) is 0 Å². The first kappa shape index (κ1) is 18.7. The van der Waals surface area contributed by atoms with Gasteiger partial charge in [-0.15, -0.1) is 0 Å². The van der Waals surface area contributed by atoms with Crippen molar-refractivity contribution in [1.82, 2.24) is 19.3 Å². The zero-order valence-electron chi connectivity index (χ0n) is 14.4. The van der Waals surface area contributed by atoms with Crippen molar-refractivity contribution in [2.24, 2.45) is 0 Å². The number of sulfone groups is 1. The summed E-state index contributed by atoms with van der Waals surface area (Å²) < 4.78 is 64.5. The first-order valence-electron chi connectivity index (χ1n) is 8.44. The van der Waals surface area contributed by atoms with Crippen molar-refractivity contribution in [3.8, 4) is 0 Å². The van der Waals surface area contributed by atoms with Crippen molar-refractivity contribution in [1.29, 1.82) is 0 Å². The zero-order chi connectivity index (χ0) is 20.1. The molecule has 0 radical (unpaired) electrons. The Morgan fingerprint density at radius 1 is 1.11 bits per heavy atom. The molecule has 11 heteroatoms. The molecule has 28 heavy (non-hydrogen) atoms. The summed E-state index contributed by atoms with van der Waals surface area (Å²) in [6.45, 7) is 0.0238. The summed E-state index contributed by atoms with van der Waals surface area (Å²) in [5.74, 6) is 0.0550. The summed E-state index contributed by atoms with van der Waals surface area (Å²) in [6, 6.07) is 4.20. The Labute approximate surface area is 157 Å². The largest absolute Gasteiger partial charge is 0.416 e. The zero-order valence-corrected chi connectivity index (χ0v) is 15.2. The predicted molar refractivity (Wildman–Crippen MR) is 94.6 cm³/mol. The SMILES string of the molecule is O=c1ncc2c(cnn2[C@H]2CCS(=O)(=O)C2)n1Cc1ccc(C(F)(F)F)cc1. The molecule has 1 aromatic carbocycles. The summed E-state index contributed by atoms with van der Waals surface area (Å²) >= 11 is 0. The molecule has 2 aromatic heterocycles. The summed E-state index contributed by atoms with van der Waals surface area (Å²) in [5, 5.41) is 4.24. The van der Waals surface area contributed by atoms with Crippen LogP contribution in [0.5, 0.6) is 0 Å². The van der Waals surface area contributed by atoms with Crippen LogP contribution in [-0.2, 0) is 22.6 Å². The third-order valence-electron chi connectivity index (χ3n) is 4.81. The first-order chi connectivity index (χ1) is 13.1. The average molecular weight is 412 g/mol. The van der Waals surface area contributed by atoms with E-state index in [0.29, 0.717) is 23.0 Å². The fourth-order valence-corrected chi connectivity index (χ4v) is 5.07. The molecule has 0 amide bonds. The minimum absolute atomic E-state index is 0.0238. The lowest BCUT2D eigenvalue weighted by molar-refractivity contribution is -0.137. The van der Waals surface area contributed by atoms with Crippen LogP contribution in [0.1, 0.15) is 23.6 Å². The molecule has 0 saturated carbocycles. The van der Waals surface area contributed by atoms with Crippen molar-refractivity contribution in [2.45, 2.75) is 25.2 Å². The Balaban J connectivity index is 1.70. The highest BCUT2D eigenvalue weighted by Crippen LogP contribution is 2.29. The highest BCUT2D eigenvalue weighted by molar-refractivity contribution is 7.91. The number of alkyl halides is 3. The molecule has 0 spiro atoms. The van der Waals surface area contributed by atoms with Crippen LogP contribution >= 0.6 is 0 Å². The van der Waals surface area contributed by atoms with Crippen LogP contribution in [0.25, 0.3) is 11.0 Å². The van der Waals surface area contributed by atoms with Gasteiger partial charge in [0.05, 0.1) is 47.6 Å². The number of hydrogen-bond acceptors (Lipinski definition) is 5. The van der Waals surface area contributed by atoms with E-state index in [1.807, 2.05) is 0 Å². The summed E-state index contributed by atoms with van der Waals surface area (Å²) in [5.41, 5.74) is 0.125. The number of fused-ring (bicyclic) bond motifs is 1. The van der Waals surface area contributed by atoms with Gasteiger partial charge in [0, 0.05) is 0 Å². The number of nitrogens with zero attached hydrogens (tertiary/aromatic N) is 4. The van der Waals surface area contributed by atoms with E-state index in [1.165, 1.54) is 29.1 Å². The molecule has 148 valence electrons. The van der Waals surface area contributed by atoms with E-state index in [9.17, 15) is 26.4 Å². The van der Waals surface area contributed by atoms with E-state index in [4.69, 9.17) is 0 Å². The number of rotatable bonds is 3. The van der Waals surface area contributed by atoms with Crippen LogP contribution < -0.4 is 5.69 Å². The van der Waals surface area contributed by atoms with Crippen LogP contribution in [0.4, 0.5) is 13.2 Å². The third kappa shape index (κ3) is 3.41. The topological polar surface area (TPSA) is 86.8 Å². The van der Waals surface area contributed by atoms with Gasteiger partial charge in [-0.2, -0.15) is 23.3 Å². The van der Waals surface area contributed by atoms with Gasteiger partial charge < -0.3 is 0 Å². The van der Waals surface area contributed by atoms with Gasteiger partial charge in [0.1, 0.15) is 5.52 Å². The van der Waals surface area contributed by atoms with Crippen LogP contribution in [0.3, 0.4) is 0 Å². The molecular formula is C17H15F3N4O3S. The van der Waals surface area contributed by atoms with Crippen LogP contribution in [0, 0.1) is 0 Å². The Bertz CT molecular complexity index is 1200. The van der Waals surface area contributed by atoms with E-state index in [0.717, 1.165) is 12.1 Å². The van der Waals surface area contributed by atoms with E-state index < -0.39 is 27.3 Å². The summed E-state index contributed by atoms with van der Waals surface area (Å²) in [4.78, 5) is 16.1. The lowest BCUT2D eigenvalue weighted by Crippen LogP contribution is -2.23. The molecule has 0 aliphatic carbocycles. The fourth-order valence-electron chi connectivity index (χ4n) is 3.38. The lowest BCUT2D eigenvalue weighted by Gasteiger charge is -2.12. The number of aromatic nitrogens is 4. The number of halogens is 3. The van der Waals surface area contributed by atoms with Crippen molar-refractivity contribution < 1.29 is 21.6 Å². The minimum Gasteiger partial charge on any atom is -0.284 e. The highest BCUT2D eigenvalue weighted by Gasteiger charge is 2.31. The van der Waals surface area contributed by atoms with E-state index >= 15 is 0 Å². The van der Waals surface area contributed by atoms with Crippen LogP contribution in [-0.4, -0.2) is 39.3 Å². The molecule has 1 fully saturated rings. The lowest BCUT2D eigenvalue weighted by atomic mass is 10.1. The molecule has 3 heterocycles. The molecule has 0 unspecified atom stereocenters. The van der Waals surface area contributed by atoms with Crippen LogP contribution in [0.2, 0.25) is 0 Å². The van der Waals surface area contributed by atoms with Crippen molar-refractivity contribution >= 4 is 20.9 Å². The Hall–Kier alpha value is -2.69. The monoisotopic (exact) mass is 412 g/mol. The molecule has 0 N–H and O–H groups in total.